The van der Waals surface area contributed by atoms with Crippen molar-refractivity contribution in [3.05, 3.63) is 28.8 Å². The van der Waals surface area contributed by atoms with E-state index in [1.54, 1.807) is 0 Å². The van der Waals surface area contributed by atoms with Crippen molar-refractivity contribution in [3.8, 4) is 0 Å². The van der Waals surface area contributed by atoms with Gasteiger partial charge in [-0.2, -0.15) is 0 Å². The van der Waals surface area contributed by atoms with E-state index in [0.717, 1.165) is 0 Å². The number of unbranched alkanes of at least 4 members (excludes halogenated alkanes) is 6. The Labute approximate surface area is 139 Å². The molecule has 0 aliphatic rings. The normalized spacial score (nSPS) is 11.0. The molecule has 1 rings (SSSR count). The van der Waals surface area contributed by atoms with Gasteiger partial charge in [-0.3, -0.25) is 0 Å². The zero-order chi connectivity index (χ0) is 16.4. The van der Waals surface area contributed by atoms with Gasteiger partial charge in [0, 0.05) is 18.8 Å². The van der Waals surface area contributed by atoms with Gasteiger partial charge in [-0.15, -0.1) is 0 Å². The fraction of sp³-hybridized carbons (Fsp3) is 0.714. The lowest BCUT2D eigenvalue weighted by Crippen LogP contribution is -2.27. The van der Waals surface area contributed by atoms with Crippen molar-refractivity contribution in [3.63, 3.8) is 0 Å². The molecule has 0 atom stereocenters. The molecule has 0 heterocycles. The van der Waals surface area contributed by atoms with Gasteiger partial charge in [-0.05, 0) is 44.7 Å². The summed E-state index contributed by atoms with van der Waals surface area (Å²) in [6.45, 7) is 13.8. The molecule has 0 N–H and O–H groups in total. The molecule has 1 aromatic rings. The van der Waals surface area contributed by atoms with Gasteiger partial charge in [-0.1, -0.05) is 70.1 Å². The van der Waals surface area contributed by atoms with Crippen LogP contribution in [0.3, 0.4) is 0 Å². The molecule has 1 heteroatoms. The minimum Gasteiger partial charge on any atom is -0.371 e. The van der Waals surface area contributed by atoms with Crippen LogP contribution in [-0.2, 0) is 0 Å². The van der Waals surface area contributed by atoms with E-state index in [4.69, 9.17) is 0 Å². The number of hydrogen-bond acceptors (Lipinski definition) is 1. The summed E-state index contributed by atoms with van der Waals surface area (Å²) in [7, 11) is 0. The zero-order valence-corrected chi connectivity index (χ0v) is 15.7. The second kappa shape index (κ2) is 10.7. The highest BCUT2D eigenvalue weighted by atomic mass is 15.1. The van der Waals surface area contributed by atoms with E-state index < -0.39 is 0 Å². The number of benzene rings is 1. The summed E-state index contributed by atoms with van der Waals surface area (Å²) in [6.07, 6.45) is 10.8. The van der Waals surface area contributed by atoms with Crippen LogP contribution in [0.15, 0.2) is 12.1 Å². The smallest absolute Gasteiger partial charge is 0.0425 e. The topological polar surface area (TPSA) is 3.24 Å². The molecule has 0 bridgehead atoms. The predicted octanol–water partition coefficient (Wildman–Crippen LogP) is 6.58. The third kappa shape index (κ3) is 6.42. The molecule has 1 aromatic carbocycles. The highest BCUT2D eigenvalue weighted by molar-refractivity contribution is 5.60. The first-order valence-electron chi connectivity index (χ1n) is 9.42. The first-order valence-corrected chi connectivity index (χ1v) is 9.42. The first kappa shape index (κ1) is 19.1. The fourth-order valence-corrected chi connectivity index (χ4v) is 3.47. The number of hydrogen-bond donors (Lipinski definition) is 0. The minimum absolute atomic E-state index is 1.22. The molecule has 0 amide bonds. The van der Waals surface area contributed by atoms with Gasteiger partial charge in [0.25, 0.3) is 0 Å². The molecule has 0 aromatic heterocycles. The highest BCUT2D eigenvalue weighted by Crippen LogP contribution is 2.27. The summed E-state index contributed by atoms with van der Waals surface area (Å²) in [5, 5.41) is 0. The lowest BCUT2D eigenvalue weighted by molar-refractivity contribution is 0.607. The largest absolute Gasteiger partial charge is 0.371 e. The van der Waals surface area contributed by atoms with Crippen molar-refractivity contribution in [1.82, 2.24) is 0 Å². The third-order valence-electron chi connectivity index (χ3n) is 4.51. The Hall–Kier alpha value is -0.980. The first-order chi connectivity index (χ1) is 10.6. The Morgan fingerprint density at radius 3 is 1.55 bits per heavy atom. The van der Waals surface area contributed by atoms with Gasteiger partial charge < -0.3 is 4.90 Å². The van der Waals surface area contributed by atoms with Crippen LogP contribution in [0.25, 0.3) is 0 Å². The Morgan fingerprint density at radius 1 is 0.682 bits per heavy atom. The molecule has 22 heavy (non-hydrogen) atoms. The molecule has 0 saturated carbocycles. The van der Waals surface area contributed by atoms with Crippen LogP contribution in [0.2, 0.25) is 0 Å². The highest BCUT2D eigenvalue weighted by Gasteiger charge is 2.12. The summed E-state index contributed by atoms with van der Waals surface area (Å²) in [6, 6.07) is 4.68. The molecule has 0 fully saturated rings. The lowest BCUT2D eigenvalue weighted by atomic mass is 10.0. The maximum Gasteiger partial charge on any atom is 0.0425 e. The van der Waals surface area contributed by atoms with Crippen LogP contribution in [0, 0.1) is 20.8 Å². The van der Waals surface area contributed by atoms with Gasteiger partial charge in [0.2, 0.25) is 0 Å². The molecule has 126 valence electrons. The Kier molecular flexibility index (Phi) is 9.27. The average Bonchev–Trinajstić information content (AvgIpc) is 2.46. The van der Waals surface area contributed by atoms with E-state index in [2.05, 4.69) is 51.7 Å². The molecule has 0 unspecified atom stereocenters. The maximum atomic E-state index is 2.66. The van der Waals surface area contributed by atoms with E-state index in [1.807, 2.05) is 0 Å². The van der Waals surface area contributed by atoms with Crippen LogP contribution in [0.5, 0.6) is 0 Å². The molecule has 0 aliphatic carbocycles. The Balaban J connectivity index is 2.75. The predicted molar refractivity (Wildman–Crippen MR) is 101 cm³/mol. The second-order valence-corrected chi connectivity index (χ2v) is 6.86. The summed E-state index contributed by atoms with van der Waals surface area (Å²) < 4.78 is 0. The van der Waals surface area contributed by atoms with Gasteiger partial charge >= 0.3 is 0 Å². The van der Waals surface area contributed by atoms with Crippen molar-refractivity contribution in [2.45, 2.75) is 86.0 Å². The summed E-state index contributed by atoms with van der Waals surface area (Å²) >= 11 is 0. The number of anilines is 1. The van der Waals surface area contributed by atoms with Gasteiger partial charge in [0.15, 0.2) is 0 Å². The standard InChI is InChI=1S/C21H37N/c1-6-8-10-12-14-22(15-13-11-9-7-2)21-19(4)16-18(3)17-20(21)5/h16-17H,6-15H2,1-5H3. The monoisotopic (exact) mass is 303 g/mol. The van der Waals surface area contributed by atoms with Crippen LogP contribution in [0.4, 0.5) is 5.69 Å². The van der Waals surface area contributed by atoms with Crippen LogP contribution in [0.1, 0.15) is 81.9 Å². The molecule has 1 nitrogen and oxygen atoms in total. The maximum absolute atomic E-state index is 2.66. The van der Waals surface area contributed by atoms with Crippen LogP contribution < -0.4 is 4.90 Å². The molecule has 0 saturated heterocycles. The number of rotatable bonds is 11. The molecular formula is C21H37N. The molecule has 0 spiro atoms. The fourth-order valence-electron chi connectivity index (χ4n) is 3.47. The van der Waals surface area contributed by atoms with E-state index >= 15 is 0 Å². The van der Waals surface area contributed by atoms with Crippen molar-refractivity contribution < 1.29 is 0 Å². The Bertz CT molecular complexity index is 387. The minimum atomic E-state index is 1.22. The van der Waals surface area contributed by atoms with Crippen LogP contribution >= 0.6 is 0 Å². The third-order valence-corrected chi connectivity index (χ3v) is 4.51. The van der Waals surface area contributed by atoms with Crippen molar-refractivity contribution >= 4 is 5.69 Å². The summed E-state index contributed by atoms with van der Waals surface area (Å²) in [5.74, 6) is 0. The SMILES string of the molecule is CCCCCCN(CCCCCC)c1c(C)cc(C)cc1C. The molecule has 0 radical (unpaired) electrons. The number of nitrogens with zero attached hydrogens (tertiary/aromatic N) is 1. The van der Waals surface area contributed by atoms with Crippen molar-refractivity contribution in [2.24, 2.45) is 0 Å². The van der Waals surface area contributed by atoms with E-state index in [1.165, 1.54) is 86.8 Å². The molecule has 0 aliphatic heterocycles. The van der Waals surface area contributed by atoms with Gasteiger partial charge in [0.1, 0.15) is 0 Å². The zero-order valence-electron chi connectivity index (χ0n) is 15.7. The quantitative estimate of drug-likeness (QED) is 0.417. The van der Waals surface area contributed by atoms with E-state index in [9.17, 15) is 0 Å². The van der Waals surface area contributed by atoms with Crippen molar-refractivity contribution in [1.29, 1.82) is 0 Å². The Morgan fingerprint density at radius 2 is 1.14 bits per heavy atom. The van der Waals surface area contributed by atoms with Crippen LogP contribution in [-0.4, -0.2) is 13.1 Å². The van der Waals surface area contributed by atoms with Gasteiger partial charge in [-0.25, -0.2) is 0 Å². The van der Waals surface area contributed by atoms with Gasteiger partial charge in [0.05, 0.1) is 0 Å². The number of aryl methyl sites for hydroxylation is 3. The second-order valence-electron chi connectivity index (χ2n) is 6.86. The van der Waals surface area contributed by atoms with E-state index in [-0.39, 0.29) is 0 Å². The van der Waals surface area contributed by atoms with Crippen molar-refractivity contribution in [2.75, 3.05) is 18.0 Å². The summed E-state index contributed by atoms with van der Waals surface area (Å²) in [4.78, 5) is 2.66. The lowest BCUT2D eigenvalue weighted by Gasteiger charge is -2.29. The average molecular weight is 304 g/mol. The molecular weight excluding hydrogens is 266 g/mol. The summed E-state index contributed by atoms with van der Waals surface area (Å²) in [5.41, 5.74) is 5.78. The van der Waals surface area contributed by atoms with E-state index in [0.29, 0.717) is 0 Å².